The van der Waals surface area contributed by atoms with Crippen molar-refractivity contribution in [3.8, 4) is 0 Å². The zero-order valence-corrected chi connectivity index (χ0v) is 7.27. The molecule has 0 heterocycles. The monoisotopic (exact) mass is 168 g/mol. The van der Waals surface area contributed by atoms with Crippen molar-refractivity contribution in [2.24, 2.45) is 0 Å². The van der Waals surface area contributed by atoms with Gasteiger partial charge in [0.05, 0.1) is 5.02 Å². The van der Waals surface area contributed by atoms with Gasteiger partial charge in [0.1, 0.15) is 0 Å². The summed E-state index contributed by atoms with van der Waals surface area (Å²) in [6, 6.07) is 5.42. The summed E-state index contributed by atoms with van der Waals surface area (Å²) in [5, 5.41) is 0.531. The summed E-state index contributed by atoms with van der Waals surface area (Å²) in [5.74, 6) is 0.0127. The zero-order valence-electron chi connectivity index (χ0n) is 6.52. The Kier molecular flexibility index (Phi) is 2.30. The van der Waals surface area contributed by atoms with E-state index in [0.717, 1.165) is 5.56 Å². The minimum Gasteiger partial charge on any atom is -0.294 e. The van der Waals surface area contributed by atoms with E-state index in [1.165, 1.54) is 6.92 Å². The Bertz CT molecular complexity index is 292. The summed E-state index contributed by atoms with van der Waals surface area (Å²) in [4.78, 5) is 10.9. The van der Waals surface area contributed by atoms with Gasteiger partial charge in [-0.25, -0.2) is 0 Å². The van der Waals surface area contributed by atoms with Gasteiger partial charge in [0.2, 0.25) is 0 Å². The fourth-order valence-electron chi connectivity index (χ4n) is 0.909. The lowest BCUT2D eigenvalue weighted by Crippen LogP contribution is -1.93. The highest BCUT2D eigenvalue weighted by molar-refractivity contribution is 6.33. The van der Waals surface area contributed by atoms with E-state index in [0.29, 0.717) is 10.6 Å². The number of halogens is 1. The van der Waals surface area contributed by atoms with Crippen molar-refractivity contribution in [2.75, 3.05) is 0 Å². The van der Waals surface area contributed by atoms with Crippen molar-refractivity contribution in [1.29, 1.82) is 0 Å². The number of rotatable bonds is 1. The Morgan fingerprint density at radius 2 is 2.09 bits per heavy atom. The molecule has 0 saturated carbocycles. The second kappa shape index (κ2) is 3.05. The first kappa shape index (κ1) is 8.28. The quantitative estimate of drug-likeness (QED) is 0.590. The van der Waals surface area contributed by atoms with Crippen molar-refractivity contribution in [3.05, 3.63) is 34.3 Å². The first-order chi connectivity index (χ1) is 5.11. The van der Waals surface area contributed by atoms with E-state index in [1.54, 1.807) is 12.1 Å². The van der Waals surface area contributed by atoms with Crippen LogP contribution in [0.3, 0.4) is 0 Å². The first-order valence-electron chi connectivity index (χ1n) is 3.38. The molecule has 1 aromatic carbocycles. The second-order valence-corrected chi connectivity index (χ2v) is 2.95. The lowest BCUT2D eigenvalue weighted by Gasteiger charge is -1.99. The lowest BCUT2D eigenvalue weighted by molar-refractivity contribution is 0.101. The van der Waals surface area contributed by atoms with Crippen LogP contribution in [0.25, 0.3) is 0 Å². The van der Waals surface area contributed by atoms with Gasteiger partial charge in [-0.2, -0.15) is 0 Å². The molecular weight excluding hydrogens is 160 g/mol. The Morgan fingerprint density at radius 1 is 1.45 bits per heavy atom. The summed E-state index contributed by atoms with van der Waals surface area (Å²) in [6.45, 7) is 3.45. The number of Topliss-reactive ketones (excluding diaryl/α,β-unsaturated/α-hetero) is 1. The lowest BCUT2D eigenvalue weighted by atomic mass is 10.1. The van der Waals surface area contributed by atoms with Crippen LogP contribution >= 0.6 is 11.6 Å². The van der Waals surface area contributed by atoms with Crippen molar-refractivity contribution in [3.63, 3.8) is 0 Å². The average Bonchev–Trinajstić information content (AvgIpc) is 1.94. The fraction of sp³-hybridized carbons (Fsp3) is 0.222. The van der Waals surface area contributed by atoms with E-state index in [-0.39, 0.29) is 5.78 Å². The highest BCUT2D eigenvalue weighted by Gasteiger charge is 2.03. The maximum Gasteiger partial charge on any atom is 0.161 e. The van der Waals surface area contributed by atoms with Gasteiger partial charge >= 0.3 is 0 Å². The van der Waals surface area contributed by atoms with Gasteiger partial charge in [-0.05, 0) is 26.0 Å². The molecule has 2 heteroatoms. The molecule has 0 saturated heterocycles. The number of hydrogen-bond donors (Lipinski definition) is 0. The maximum absolute atomic E-state index is 10.9. The molecule has 1 aromatic rings. The van der Waals surface area contributed by atoms with Crippen LogP contribution < -0.4 is 0 Å². The molecule has 0 aliphatic rings. The summed E-state index contributed by atoms with van der Waals surface area (Å²) < 4.78 is 0. The van der Waals surface area contributed by atoms with Crippen LogP contribution in [0.4, 0.5) is 0 Å². The van der Waals surface area contributed by atoms with E-state index in [1.807, 2.05) is 13.0 Å². The van der Waals surface area contributed by atoms with Gasteiger partial charge in [0.15, 0.2) is 5.78 Å². The molecule has 1 nitrogen and oxygen atoms in total. The van der Waals surface area contributed by atoms with Crippen molar-refractivity contribution >= 4 is 17.4 Å². The van der Waals surface area contributed by atoms with Gasteiger partial charge in [-0.3, -0.25) is 4.79 Å². The SMILES string of the molecule is CC(=O)c1cc(C)ccc1Cl. The smallest absolute Gasteiger partial charge is 0.161 e. The van der Waals surface area contributed by atoms with E-state index in [2.05, 4.69) is 0 Å². The molecule has 58 valence electrons. The van der Waals surface area contributed by atoms with Gasteiger partial charge < -0.3 is 0 Å². The number of carbonyl (C=O) groups excluding carboxylic acids is 1. The standard InChI is InChI=1S/C9H9ClO/c1-6-3-4-9(10)8(5-6)7(2)11/h3-5H,1-2H3. The van der Waals surface area contributed by atoms with Crippen molar-refractivity contribution in [2.45, 2.75) is 13.8 Å². The molecule has 0 N–H and O–H groups in total. The highest BCUT2D eigenvalue weighted by Crippen LogP contribution is 2.17. The molecule has 0 spiro atoms. The number of hydrogen-bond acceptors (Lipinski definition) is 1. The largest absolute Gasteiger partial charge is 0.294 e. The molecular formula is C9H9ClO. The molecule has 0 aromatic heterocycles. The maximum atomic E-state index is 10.9. The summed E-state index contributed by atoms with van der Waals surface area (Å²) in [6.07, 6.45) is 0. The van der Waals surface area contributed by atoms with Gasteiger partial charge in [-0.1, -0.05) is 23.2 Å². The number of carbonyl (C=O) groups is 1. The molecule has 0 unspecified atom stereocenters. The predicted octanol–water partition coefficient (Wildman–Crippen LogP) is 2.85. The van der Waals surface area contributed by atoms with Crippen LogP contribution in [0.1, 0.15) is 22.8 Å². The molecule has 0 atom stereocenters. The third-order valence-electron chi connectivity index (χ3n) is 1.50. The van der Waals surface area contributed by atoms with Crippen molar-refractivity contribution in [1.82, 2.24) is 0 Å². The molecule has 11 heavy (non-hydrogen) atoms. The number of benzene rings is 1. The Labute approximate surface area is 71.0 Å². The summed E-state index contributed by atoms with van der Waals surface area (Å²) in [7, 11) is 0. The summed E-state index contributed by atoms with van der Waals surface area (Å²) in [5.41, 5.74) is 1.66. The zero-order chi connectivity index (χ0) is 8.43. The predicted molar refractivity (Wildman–Crippen MR) is 46.2 cm³/mol. The topological polar surface area (TPSA) is 17.1 Å². The minimum atomic E-state index is 0.0127. The molecule has 0 aliphatic carbocycles. The first-order valence-corrected chi connectivity index (χ1v) is 3.76. The van der Waals surface area contributed by atoms with Crippen LogP contribution in [-0.4, -0.2) is 5.78 Å². The third kappa shape index (κ3) is 1.81. The van der Waals surface area contributed by atoms with Crippen LogP contribution in [0, 0.1) is 6.92 Å². The normalized spacial score (nSPS) is 9.73. The van der Waals surface area contributed by atoms with E-state index in [9.17, 15) is 4.79 Å². The number of ketones is 1. The molecule has 1 rings (SSSR count). The molecule has 0 aliphatic heterocycles. The second-order valence-electron chi connectivity index (χ2n) is 2.54. The highest BCUT2D eigenvalue weighted by atomic mass is 35.5. The molecule has 0 radical (unpaired) electrons. The van der Waals surface area contributed by atoms with Crippen LogP contribution in [0.5, 0.6) is 0 Å². The minimum absolute atomic E-state index is 0.0127. The Hall–Kier alpha value is -0.820. The summed E-state index contributed by atoms with van der Waals surface area (Å²) >= 11 is 5.77. The van der Waals surface area contributed by atoms with Gasteiger partial charge in [0, 0.05) is 5.56 Å². The van der Waals surface area contributed by atoms with E-state index in [4.69, 9.17) is 11.6 Å². The van der Waals surface area contributed by atoms with Crippen LogP contribution in [0.2, 0.25) is 5.02 Å². The van der Waals surface area contributed by atoms with E-state index >= 15 is 0 Å². The average molecular weight is 169 g/mol. The van der Waals surface area contributed by atoms with Gasteiger partial charge in [-0.15, -0.1) is 0 Å². The molecule has 0 bridgehead atoms. The Morgan fingerprint density at radius 3 is 2.55 bits per heavy atom. The van der Waals surface area contributed by atoms with Crippen molar-refractivity contribution < 1.29 is 4.79 Å². The van der Waals surface area contributed by atoms with Crippen LogP contribution in [0.15, 0.2) is 18.2 Å². The Balaban J connectivity index is 3.23. The van der Waals surface area contributed by atoms with Crippen LogP contribution in [-0.2, 0) is 0 Å². The third-order valence-corrected chi connectivity index (χ3v) is 1.83. The molecule has 0 amide bonds. The fourth-order valence-corrected chi connectivity index (χ4v) is 1.16. The number of aryl methyl sites for hydroxylation is 1. The van der Waals surface area contributed by atoms with Gasteiger partial charge in [0.25, 0.3) is 0 Å². The molecule has 0 fully saturated rings. The van der Waals surface area contributed by atoms with E-state index < -0.39 is 0 Å².